The fourth-order valence-electron chi connectivity index (χ4n) is 3.34. The summed E-state index contributed by atoms with van der Waals surface area (Å²) in [6.07, 6.45) is 7.12. The van der Waals surface area contributed by atoms with E-state index in [1.807, 2.05) is 12.3 Å². The first-order valence-electron chi connectivity index (χ1n) is 10.0. The quantitative estimate of drug-likeness (QED) is 0.520. The molecule has 4 nitrogen and oxygen atoms in total. The van der Waals surface area contributed by atoms with Crippen molar-refractivity contribution in [2.24, 2.45) is 5.92 Å². The average molecular weight is 392 g/mol. The smallest absolute Gasteiger partial charge is 0.191 e. The standard InChI is InChI=1S/C23H29N3OSi/c1-23(2,3)28(4,5)27-13-10-16-14-20(16)18-8-11-24-22-15-17(6-7-19(18)22)21-9-12-25-26-21/h6-9,11-12,14-16H,10,13H2,1-5H3,(H,25,26). The molecule has 2 heterocycles. The summed E-state index contributed by atoms with van der Waals surface area (Å²) in [5, 5.41) is 8.54. The molecule has 1 aliphatic carbocycles. The van der Waals surface area contributed by atoms with Gasteiger partial charge in [-0.15, -0.1) is 0 Å². The van der Waals surface area contributed by atoms with E-state index in [2.05, 4.69) is 79.4 Å². The minimum Gasteiger partial charge on any atom is -0.417 e. The van der Waals surface area contributed by atoms with E-state index >= 15 is 0 Å². The zero-order valence-electron chi connectivity index (χ0n) is 17.4. The van der Waals surface area contributed by atoms with Gasteiger partial charge in [0.2, 0.25) is 0 Å². The van der Waals surface area contributed by atoms with Gasteiger partial charge in [0, 0.05) is 35.9 Å². The lowest BCUT2D eigenvalue weighted by molar-refractivity contribution is 0.279. The second kappa shape index (κ2) is 6.98. The molecule has 1 aromatic carbocycles. The van der Waals surface area contributed by atoms with Crippen molar-refractivity contribution < 1.29 is 4.43 Å². The van der Waals surface area contributed by atoms with Crippen molar-refractivity contribution in [3.63, 3.8) is 0 Å². The number of hydrogen-bond acceptors (Lipinski definition) is 3. The predicted octanol–water partition coefficient (Wildman–Crippen LogP) is 6.05. The van der Waals surface area contributed by atoms with Gasteiger partial charge >= 0.3 is 0 Å². The maximum atomic E-state index is 6.36. The van der Waals surface area contributed by atoms with Crippen molar-refractivity contribution in [3.05, 3.63) is 54.4 Å². The van der Waals surface area contributed by atoms with E-state index in [-0.39, 0.29) is 5.04 Å². The lowest BCUT2D eigenvalue weighted by Crippen LogP contribution is -2.41. The second-order valence-electron chi connectivity index (χ2n) is 9.19. The Balaban J connectivity index is 1.45. The number of H-pyrrole nitrogens is 1. The van der Waals surface area contributed by atoms with E-state index in [4.69, 9.17) is 4.43 Å². The summed E-state index contributed by atoms with van der Waals surface area (Å²) in [5.74, 6) is 0.530. The molecule has 0 fully saturated rings. The van der Waals surface area contributed by atoms with Crippen LogP contribution in [0.25, 0.3) is 27.7 Å². The van der Waals surface area contributed by atoms with Crippen LogP contribution in [-0.2, 0) is 4.43 Å². The average Bonchev–Trinajstić information content (AvgIpc) is 3.18. The summed E-state index contributed by atoms with van der Waals surface area (Å²) < 4.78 is 6.36. The molecular formula is C23H29N3OSi. The van der Waals surface area contributed by atoms with Crippen molar-refractivity contribution in [3.8, 4) is 11.3 Å². The molecule has 1 atom stereocenters. The van der Waals surface area contributed by atoms with E-state index < -0.39 is 8.32 Å². The van der Waals surface area contributed by atoms with Gasteiger partial charge in [-0.25, -0.2) is 0 Å². The fourth-order valence-corrected chi connectivity index (χ4v) is 4.40. The maximum Gasteiger partial charge on any atom is 0.191 e. The van der Waals surface area contributed by atoms with Gasteiger partial charge in [-0.3, -0.25) is 10.1 Å². The third-order valence-electron chi connectivity index (χ3n) is 6.23. The molecule has 0 bridgehead atoms. The summed E-state index contributed by atoms with van der Waals surface area (Å²) in [6, 6.07) is 10.6. The van der Waals surface area contributed by atoms with Crippen molar-refractivity contribution in [2.75, 3.05) is 6.61 Å². The summed E-state index contributed by atoms with van der Waals surface area (Å²) >= 11 is 0. The first kappa shape index (κ1) is 19.1. The van der Waals surface area contributed by atoms with Crippen LogP contribution in [0.2, 0.25) is 18.1 Å². The molecule has 0 spiro atoms. The van der Waals surface area contributed by atoms with Crippen molar-refractivity contribution in [1.29, 1.82) is 0 Å². The van der Waals surface area contributed by atoms with E-state index in [1.54, 1.807) is 6.20 Å². The zero-order chi connectivity index (χ0) is 19.9. The highest BCUT2D eigenvalue weighted by molar-refractivity contribution is 6.74. The molecule has 146 valence electrons. The molecule has 2 aromatic heterocycles. The Morgan fingerprint density at radius 1 is 1.11 bits per heavy atom. The molecule has 0 saturated carbocycles. The molecule has 1 unspecified atom stereocenters. The Morgan fingerprint density at radius 3 is 2.64 bits per heavy atom. The van der Waals surface area contributed by atoms with Gasteiger partial charge in [0.25, 0.3) is 0 Å². The first-order valence-corrected chi connectivity index (χ1v) is 12.9. The Labute approximate surface area is 168 Å². The molecule has 0 amide bonds. The van der Waals surface area contributed by atoms with Gasteiger partial charge in [-0.05, 0) is 53.9 Å². The molecular weight excluding hydrogens is 362 g/mol. The normalized spacial score (nSPS) is 17.0. The molecule has 4 rings (SSSR count). The molecule has 3 aromatic rings. The third-order valence-corrected chi connectivity index (χ3v) is 10.8. The Hall–Kier alpha value is -2.24. The number of hydrogen-bond donors (Lipinski definition) is 1. The number of fused-ring (bicyclic) bond motifs is 1. The van der Waals surface area contributed by atoms with Crippen LogP contribution < -0.4 is 0 Å². The molecule has 0 saturated heterocycles. The Bertz CT molecular complexity index is 1020. The van der Waals surface area contributed by atoms with Crippen LogP contribution in [0.15, 0.2) is 48.8 Å². The van der Waals surface area contributed by atoms with E-state index in [0.29, 0.717) is 5.92 Å². The second-order valence-corrected chi connectivity index (χ2v) is 14.0. The number of benzene rings is 1. The number of pyridine rings is 1. The number of aromatic amines is 1. The maximum absolute atomic E-state index is 6.36. The molecule has 0 aliphatic heterocycles. The summed E-state index contributed by atoms with van der Waals surface area (Å²) in [6.45, 7) is 12.4. The topological polar surface area (TPSA) is 50.8 Å². The van der Waals surface area contributed by atoms with Crippen LogP contribution in [0.4, 0.5) is 0 Å². The number of nitrogens with zero attached hydrogens (tertiary/aromatic N) is 2. The fraction of sp³-hybridized carbons (Fsp3) is 0.391. The van der Waals surface area contributed by atoms with Crippen molar-refractivity contribution in [1.82, 2.24) is 15.2 Å². The van der Waals surface area contributed by atoms with Gasteiger partial charge in [0.15, 0.2) is 8.32 Å². The van der Waals surface area contributed by atoms with Gasteiger partial charge < -0.3 is 4.43 Å². The van der Waals surface area contributed by atoms with Crippen LogP contribution in [-0.4, -0.2) is 30.1 Å². The Morgan fingerprint density at radius 2 is 1.93 bits per heavy atom. The minimum absolute atomic E-state index is 0.264. The van der Waals surface area contributed by atoms with Gasteiger partial charge in [-0.2, -0.15) is 5.10 Å². The number of nitrogens with one attached hydrogen (secondary N) is 1. The van der Waals surface area contributed by atoms with Gasteiger partial charge in [0.1, 0.15) is 0 Å². The predicted molar refractivity (Wildman–Crippen MR) is 119 cm³/mol. The highest BCUT2D eigenvalue weighted by Crippen LogP contribution is 2.44. The minimum atomic E-state index is -1.66. The van der Waals surface area contributed by atoms with E-state index in [0.717, 1.165) is 29.8 Å². The van der Waals surface area contributed by atoms with E-state index in [1.165, 1.54) is 16.5 Å². The van der Waals surface area contributed by atoms with Crippen LogP contribution in [0.1, 0.15) is 32.8 Å². The third kappa shape index (κ3) is 3.69. The van der Waals surface area contributed by atoms with Crippen molar-refractivity contribution in [2.45, 2.75) is 45.3 Å². The SMILES string of the molecule is CC(C)(C)[Si](C)(C)OCCC1C=C1c1ccnc2cc(-c3ccn[nH]3)ccc12. The summed E-state index contributed by atoms with van der Waals surface area (Å²) in [5.41, 5.74) is 5.88. The van der Waals surface area contributed by atoms with Crippen molar-refractivity contribution >= 4 is 24.8 Å². The first-order chi connectivity index (χ1) is 13.3. The monoisotopic (exact) mass is 391 g/mol. The Kier molecular flexibility index (Phi) is 4.76. The highest BCUT2D eigenvalue weighted by atomic mass is 28.4. The molecule has 0 radical (unpaired) electrons. The van der Waals surface area contributed by atoms with Crippen LogP contribution >= 0.6 is 0 Å². The summed E-state index contributed by atoms with van der Waals surface area (Å²) in [7, 11) is -1.66. The van der Waals surface area contributed by atoms with Gasteiger partial charge in [0.05, 0.1) is 11.2 Å². The number of allylic oxidation sites excluding steroid dienone is 2. The largest absolute Gasteiger partial charge is 0.417 e. The molecule has 1 N–H and O–H groups in total. The highest BCUT2D eigenvalue weighted by Gasteiger charge is 2.37. The molecule has 1 aliphatic rings. The number of rotatable bonds is 6. The van der Waals surface area contributed by atoms with Gasteiger partial charge in [-0.1, -0.05) is 39.0 Å². The molecule has 28 heavy (non-hydrogen) atoms. The van der Waals surface area contributed by atoms with Crippen LogP contribution in [0, 0.1) is 5.92 Å². The van der Waals surface area contributed by atoms with Crippen LogP contribution in [0.5, 0.6) is 0 Å². The lowest BCUT2D eigenvalue weighted by atomic mass is 10.0. The lowest BCUT2D eigenvalue weighted by Gasteiger charge is -2.36. The van der Waals surface area contributed by atoms with Crippen LogP contribution in [0.3, 0.4) is 0 Å². The zero-order valence-corrected chi connectivity index (χ0v) is 18.4. The summed E-state index contributed by atoms with van der Waals surface area (Å²) in [4.78, 5) is 4.59. The molecule has 5 heteroatoms. The van der Waals surface area contributed by atoms with E-state index in [9.17, 15) is 0 Å². The number of aromatic nitrogens is 3.